The van der Waals surface area contributed by atoms with Gasteiger partial charge < -0.3 is 9.84 Å². The molecule has 0 amide bonds. The summed E-state index contributed by atoms with van der Waals surface area (Å²) in [6.45, 7) is 9.65. The largest absolute Gasteiger partial charge is 0.391 e. The van der Waals surface area contributed by atoms with E-state index in [1.807, 2.05) is 0 Å². The van der Waals surface area contributed by atoms with Crippen LogP contribution in [0.2, 0.25) is 0 Å². The minimum atomic E-state index is -0.165. The summed E-state index contributed by atoms with van der Waals surface area (Å²) in [5, 5.41) is 10.3. The van der Waals surface area contributed by atoms with Gasteiger partial charge in [-0.1, -0.05) is 20.8 Å². The Morgan fingerprint density at radius 2 is 1.85 bits per heavy atom. The van der Waals surface area contributed by atoms with Crippen LogP contribution in [0.4, 0.5) is 0 Å². The summed E-state index contributed by atoms with van der Waals surface area (Å²) in [4.78, 5) is 2.31. The minimum absolute atomic E-state index is 0.165. The highest BCUT2D eigenvalue weighted by molar-refractivity contribution is 4.89. The maximum absolute atomic E-state index is 10.3. The van der Waals surface area contributed by atoms with Crippen LogP contribution in [0.5, 0.6) is 0 Å². The fourth-order valence-electron chi connectivity index (χ4n) is 3.30. The van der Waals surface area contributed by atoms with Crippen molar-refractivity contribution in [3.8, 4) is 0 Å². The van der Waals surface area contributed by atoms with Crippen LogP contribution < -0.4 is 0 Å². The van der Waals surface area contributed by atoms with Crippen molar-refractivity contribution < 1.29 is 9.84 Å². The van der Waals surface area contributed by atoms with Crippen LogP contribution in [0.1, 0.15) is 52.9 Å². The average Bonchev–Trinajstić information content (AvgIpc) is 3.17. The molecule has 2 aliphatic rings. The molecule has 0 heterocycles. The van der Waals surface area contributed by atoms with Crippen molar-refractivity contribution in [3.63, 3.8) is 0 Å². The van der Waals surface area contributed by atoms with E-state index in [0.29, 0.717) is 17.4 Å². The van der Waals surface area contributed by atoms with Gasteiger partial charge in [0, 0.05) is 19.2 Å². The van der Waals surface area contributed by atoms with Crippen LogP contribution in [0.25, 0.3) is 0 Å². The van der Waals surface area contributed by atoms with Crippen LogP contribution in [0.15, 0.2) is 0 Å². The molecule has 0 aliphatic heterocycles. The highest BCUT2D eigenvalue weighted by Crippen LogP contribution is 2.39. The van der Waals surface area contributed by atoms with Crippen LogP contribution in [-0.2, 0) is 4.74 Å². The second kappa shape index (κ2) is 6.76. The van der Waals surface area contributed by atoms with Gasteiger partial charge in [-0.25, -0.2) is 0 Å². The van der Waals surface area contributed by atoms with Crippen molar-refractivity contribution in [2.24, 2.45) is 17.3 Å². The van der Waals surface area contributed by atoms with Crippen molar-refractivity contribution in [1.29, 1.82) is 0 Å². The molecule has 0 aromatic rings. The standard InChI is InChI=1S/C17H33NO2/c1-17(2,3)14-7-8-16(19)15(11-14)18(4)9-10-20-12-13-5-6-13/h13-16,19H,5-12H2,1-4H3. The Morgan fingerprint density at radius 1 is 1.15 bits per heavy atom. The molecule has 0 radical (unpaired) electrons. The van der Waals surface area contributed by atoms with Crippen LogP contribution in [0, 0.1) is 17.3 Å². The molecule has 118 valence electrons. The average molecular weight is 283 g/mol. The molecule has 0 saturated heterocycles. The summed E-state index contributed by atoms with van der Waals surface area (Å²) in [5.41, 5.74) is 0.349. The molecular weight excluding hydrogens is 250 g/mol. The van der Waals surface area contributed by atoms with Crippen molar-refractivity contribution >= 4 is 0 Å². The first-order valence-corrected chi connectivity index (χ1v) is 8.34. The van der Waals surface area contributed by atoms with E-state index in [1.165, 1.54) is 12.8 Å². The molecule has 2 rings (SSSR count). The number of ether oxygens (including phenoxy) is 1. The lowest BCUT2D eigenvalue weighted by Crippen LogP contribution is -2.48. The van der Waals surface area contributed by atoms with E-state index in [4.69, 9.17) is 4.74 Å². The zero-order valence-corrected chi connectivity index (χ0v) is 13.8. The van der Waals surface area contributed by atoms with E-state index in [2.05, 4.69) is 32.7 Å². The number of aliphatic hydroxyl groups excluding tert-OH is 1. The predicted octanol–water partition coefficient (Wildman–Crippen LogP) is 2.92. The topological polar surface area (TPSA) is 32.7 Å². The van der Waals surface area contributed by atoms with Crippen molar-refractivity contribution in [2.45, 2.75) is 65.0 Å². The molecular formula is C17H33NO2. The van der Waals surface area contributed by atoms with Crippen molar-refractivity contribution in [3.05, 3.63) is 0 Å². The second-order valence-corrected chi connectivity index (χ2v) is 8.01. The van der Waals surface area contributed by atoms with E-state index in [9.17, 15) is 5.11 Å². The Labute approximate surface area is 124 Å². The molecule has 0 bridgehead atoms. The third-order valence-electron chi connectivity index (χ3n) is 5.21. The molecule has 3 unspecified atom stereocenters. The van der Waals surface area contributed by atoms with Gasteiger partial charge >= 0.3 is 0 Å². The summed E-state index contributed by atoms with van der Waals surface area (Å²) in [7, 11) is 2.14. The maximum Gasteiger partial charge on any atom is 0.0695 e. The Morgan fingerprint density at radius 3 is 2.45 bits per heavy atom. The monoisotopic (exact) mass is 283 g/mol. The first kappa shape index (κ1) is 16.3. The lowest BCUT2D eigenvalue weighted by Gasteiger charge is -2.43. The SMILES string of the molecule is CN(CCOCC1CC1)C1CC(C(C)(C)C)CCC1O. The lowest BCUT2D eigenvalue weighted by atomic mass is 9.70. The zero-order valence-electron chi connectivity index (χ0n) is 13.8. The van der Waals surface area contributed by atoms with Gasteiger partial charge in [0.2, 0.25) is 0 Å². The lowest BCUT2D eigenvalue weighted by molar-refractivity contribution is -0.0169. The fraction of sp³-hybridized carbons (Fsp3) is 1.00. The number of rotatable bonds is 6. The number of hydrogen-bond donors (Lipinski definition) is 1. The first-order valence-electron chi connectivity index (χ1n) is 8.34. The molecule has 2 aliphatic carbocycles. The number of nitrogens with zero attached hydrogens (tertiary/aromatic N) is 1. The highest BCUT2D eigenvalue weighted by atomic mass is 16.5. The highest BCUT2D eigenvalue weighted by Gasteiger charge is 2.36. The Kier molecular flexibility index (Phi) is 5.49. The molecule has 0 aromatic heterocycles. The third kappa shape index (κ3) is 4.71. The summed E-state index contributed by atoms with van der Waals surface area (Å²) in [6.07, 6.45) is 5.76. The van der Waals surface area contributed by atoms with Crippen LogP contribution in [-0.4, -0.2) is 49.0 Å². The maximum atomic E-state index is 10.3. The van der Waals surface area contributed by atoms with E-state index < -0.39 is 0 Å². The van der Waals surface area contributed by atoms with Crippen LogP contribution in [0.3, 0.4) is 0 Å². The van der Waals surface area contributed by atoms with Gasteiger partial charge in [-0.15, -0.1) is 0 Å². The van der Waals surface area contributed by atoms with Gasteiger partial charge in [0.15, 0.2) is 0 Å². The Balaban J connectivity index is 1.75. The van der Waals surface area contributed by atoms with E-state index >= 15 is 0 Å². The summed E-state index contributed by atoms with van der Waals surface area (Å²) < 4.78 is 5.73. The first-order chi connectivity index (χ1) is 9.38. The summed E-state index contributed by atoms with van der Waals surface area (Å²) in [6, 6.07) is 0.303. The Hall–Kier alpha value is -0.120. The van der Waals surface area contributed by atoms with Gasteiger partial charge in [0.05, 0.1) is 12.7 Å². The van der Waals surface area contributed by atoms with E-state index in [0.717, 1.165) is 44.9 Å². The number of hydrogen-bond acceptors (Lipinski definition) is 3. The van der Waals surface area contributed by atoms with Crippen LogP contribution >= 0.6 is 0 Å². The van der Waals surface area contributed by atoms with Crippen molar-refractivity contribution in [2.75, 3.05) is 26.8 Å². The zero-order chi connectivity index (χ0) is 14.8. The van der Waals surface area contributed by atoms with E-state index in [1.54, 1.807) is 0 Å². The minimum Gasteiger partial charge on any atom is -0.391 e. The quantitative estimate of drug-likeness (QED) is 0.761. The number of likely N-dealkylation sites (N-methyl/N-ethyl adjacent to an activating group) is 1. The van der Waals surface area contributed by atoms with E-state index in [-0.39, 0.29) is 6.10 Å². The molecule has 3 nitrogen and oxygen atoms in total. The predicted molar refractivity (Wildman–Crippen MR) is 82.8 cm³/mol. The van der Waals surface area contributed by atoms with Gasteiger partial charge in [0.25, 0.3) is 0 Å². The van der Waals surface area contributed by atoms with Crippen molar-refractivity contribution in [1.82, 2.24) is 4.90 Å². The van der Waals surface area contributed by atoms with Gasteiger partial charge in [0.1, 0.15) is 0 Å². The second-order valence-electron chi connectivity index (χ2n) is 8.01. The molecule has 3 atom stereocenters. The normalized spacial score (nSPS) is 31.8. The molecule has 2 saturated carbocycles. The molecule has 1 N–H and O–H groups in total. The summed E-state index contributed by atoms with van der Waals surface area (Å²) in [5.74, 6) is 1.55. The van der Waals surface area contributed by atoms with Gasteiger partial charge in [-0.2, -0.15) is 0 Å². The van der Waals surface area contributed by atoms with Gasteiger partial charge in [-0.3, -0.25) is 4.90 Å². The Bertz CT molecular complexity index is 296. The number of aliphatic hydroxyl groups is 1. The van der Waals surface area contributed by atoms with Gasteiger partial charge in [-0.05, 0) is 56.4 Å². The molecule has 0 spiro atoms. The smallest absolute Gasteiger partial charge is 0.0695 e. The molecule has 2 fully saturated rings. The molecule has 3 heteroatoms. The fourth-order valence-corrected chi connectivity index (χ4v) is 3.30. The third-order valence-corrected chi connectivity index (χ3v) is 5.21. The molecule has 0 aromatic carbocycles. The summed E-state index contributed by atoms with van der Waals surface area (Å²) >= 11 is 0. The molecule has 20 heavy (non-hydrogen) atoms.